The molecule has 0 aromatic carbocycles. The van der Waals surface area contributed by atoms with Gasteiger partial charge in [-0.15, -0.1) is 0 Å². The van der Waals surface area contributed by atoms with Gasteiger partial charge >= 0.3 is 11.9 Å². The Hall–Kier alpha value is -1.41. The third kappa shape index (κ3) is 5.47. The molecule has 2 saturated heterocycles. The molecule has 0 aromatic rings. The van der Waals surface area contributed by atoms with Gasteiger partial charge < -0.3 is 39.0 Å². The molecule has 0 aromatic heterocycles. The van der Waals surface area contributed by atoms with Crippen LogP contribution in [-0.2, 0) is 38.1 Å². The van der Waals surface area contributed by atoms with Gasteiger partial charge in [0.25, 0.3) is 0 Å². The predicted molar refractivity (Wildman–Crippen MR) is 173 cm³/mol. The van der Waals surface area contributed by atoms with E-state index in [-0.39, 0.29) is 36.0 Å². The van der Waals surface area contributed by atoms with E-state index in [1.54, 1.807) is 13.0 Å². The highest BCUT2D eigenvalue weighted by Gasteiger charge is 2.84. The van der Waals surface area contributed by atoms with Gasteiger partial charge in [0.15, 0.2) is 17.9 Å². The lowest BCUT2D eigenvalue weighted by molar-refractivity contribution is -0.347. The van der Waals surface area contributed by atoms with Crippen molar-refractivity contribution in [3.8, 4) is 0 Å². The Bertz CT molecular complexity index is 1300. The number of rotatable bonds is 9. The second-order valence-corrected chi connectivity index (χ2v) is 17.2. The van der Waals surface area contributed by atoms with Gasteiger partial charge in [-0.05, 0) is 63.9 Å². The molecule has 12 atom stereocenters. The SMILES string of the molecule is CC1=CC(=O)[C@@H](OC(CBr)OC(C)(C)C)C2(C)C3[C@]45CO[C@]3(O)[C@H](O)C(C)C4C(OC(=O)CC(O)(C(C)C)C(C)C)C(=O)O[C@@H]5C[C@@H]12. The molecule has 266 valence electrons. The number of esters is 2. The lowest BCUT2D eigenvalue weighted by Gasteiger charge is -2.68. The molecule has 3 aliphatic carbocycles. The van der Waals surface area contributed by atoms with E-state index < -0.39 is 94.1 Å². The largest absolute Gasteiger partial charge is 0.459 e. The highest BCUT2D eigenvalue weighted by Crippen LogP contribution is 2.74. The summed E-state index contributed by atoms with van der Waals surface area (Å²) in [6.45, 7) is 18.3. The Morgan fingerprint density at radius 3 is 2.34 bits per heavy atom. The fourth-order valence-corrected chi connectivity index (χ4v) is 10.3. The van der Waals surface area contributed by atoms with Crippen molar-refractivity contribution < 1.29 is 53.4 Å². The minimum atomic E-state index is -2.12. The van der Waals surface area contributed by atoms with Crippen LogP contribution in [0.1, 0.15) is 82.1 Å². The number of fused-ring (bicyclic) bond motifs is 1. The summed E-state index contributed by atoms with van der Waals surface area (Å²) in [7, 11) is 0. The van der Waals surface area contributed by atoms with E-state index in [9.17, 15) is 29.7 Å². The first-order valence-corrected chi connectivity index (χ1v) is 18.0. The molecule has 0 radical (unpaired) electrons. The third-order valence-corrected chi connectivity index (χ3v) is 12.7. The number of carbonyl (C=O) groups excluding carboxylic acids is 3. The molecule has 5 rings (SSSR count). The highest BCUT2D eigenvalue weighted by molar-refractivity contribution is 9.09. The summed E-state index contributed by atoms with van der Waals surface area (Å²) in [5.74, 6) is -7.43. The van der Waals surface area contributed by atoms with Crippen LogP contribution in [0.15, 0.2) is 11.6 Å². The van der Waals surface area contributed by atoms with E-state index in [4.69, 9.17) is 23.7 Å². The first-order chi connectivity index (χ1) is 21.6. The molecule has 1 spiro atoms. The van der Waals surface area contributed by atoms with Crippen molar-refractivity contribution in [1.29, 1.82) is 0 Å². The molecule has 47 heavy (non-hydrogen) atoms. The minimum Gasteiger partial charge on any atom is -0.459 e. The summed E-state index contributed by atoms with van der Waals surface area (Å²) in [6, 6.07) is 0. The number of ether oxygens (including phenoxy) is 5. The van der Waals surface area contributed by atoms with E-state index in [0.29, 0.717) is 6.42 Å². The molecule has 2 aliphatic heterocycles. The van der Waals surface area contributed by atoms with Crippen LogP contribution in [-0.4, -0.2) is 92.7 Å². The van der Waals surface area contributed by atoms with E-state index >= 15 is 0 Å². The number of halogens is 1. The van der Waals surface area contributed by atoms with E-state index in [2.05, 4.69) is 15.9 Å². The lowest BCUT2D eigenvalue weighted by Crippen LogP contribution is -2.78. The van der Waals surface area contributed by atoms with Crippen LogP contribution in [0.25, 0.3) is 0 Å². The second kappa shape index (κ2) is 12.1. The number of allylic oxidation sites excluding steroid dienone is 1. The maximum Gasteiger partial charge on any atom is 0.348 e. The summed E-state index contributed by atoms with van der Waals surface area (Å²) in [5.41, 5.74) is -3.52. The van der Waals surface area contributed by atoms with Crippen molar-refractivity contribution in [3.05, 3.63) is 11.6 Å². The van der Waals surface area contributed by atoms with Crippen molar-refractivity contribution in [2.45, 2.75) is 130 Å². The Labute approximate surface area is 286 Å². The van der Waals surface area contributed by atoms with Gasteiger partial charge in [-0.3, -0.25) is 9.59 Å². The van der Waals surface area contributed by atoms with Crippen molar-refractivity contribution in [1.82, 2.24) is 0 Å². The fourth-order valence-electron chi connectivity index (χ4n) is 10.1. The normalized spacial score (nSPS) is 42.1. The van der Waals surface area contributed by atoms with Crippen LogP contribution in [0, 0.1) is 46.3 Å². The zero-order valence-corrected chi connectivity index (χ0v) is 30.8. The van der Waals surface area contributed by atoms with Gasteiger partial charge in [0.1, 0.15) is 18.3 Å². The Balaban J connectivity index is 1.61. The maximum absolute atomic E-state index is 14.0. The van der Waals surface area contributed by atoms with Crippen molar-refractivity contribution in [2.24, 2.45) is 46.3 Å². The van der Waals surface area contributed by atoms with Crippen molar-refractivity contribution in [3.63, 3.8) is 0 Å². The van der Waals surface area contributed by atoms with Gasteiger partial charge in [0, 0.05) is 22.7 Å². The predicted octanol–water partition coefficient (Wildman–Crippen LogP) is 3.68. The molecule has 0 amide bonds. The van der Waals surface area contributed by atoms with Crippen molar-refractivity contribution >= 4 is 33.7 Å². The number of ketones is 1. The van der Waals surface area contributed by atoms with Gasteiger partial charge in [0.05, 0.1) is 29.6 Å². The smallest absolute Gasteiger partial charge is 0.348 e. The zero-order valence-electron chi connectivity index (χ0n) is 29.2. The van der Waals surface area contributed by atoms with Gasteiger partial charge in [-0.1, -0.05) is 63.0 Å². The topological polar surface area (TPSA) is 158 Å². The number of hydrogen-bond acceptors (Lipinski definition) is 11. The van der Waals surface area contributed by atoms with Crippen LogP contribution in [0.5, 0.6) is 0 Å². The number of alkyl halides is 1. The summed E-state index contributed by atoms with van der Waals surface area (Å²) < 4.78 is 31.0. The average molecular weight is 730 g/mol. The summed E-state index contributed by atoms with van der Waals surface area (Å²) in [5, 5.41) is 35.9. The lowest BCUT2D eigenvalue weighted by atomic mass is 9.38. The highest BCUT2D eigenvalue weighted by atomic mass is 79.9. The number of carbonyl (C=O) groups is 3. The van der Waals surface area contributed by atoms with E-state index in [0.717, 1.165) is 5.57 Å². The standard InChI is InChI=1S/C35H53BrO11/c1-16(2)34(41,17(3)4)13-23(38)45-26-25-19(6)27(39)35(42)30-32(10)20(12-22(44-29(26)40)33(25,30)15-43-35)18(5)11-21(37)28(32)46-24(14-36)47-31(7,8)9/h11,16-17,19-20,22,24-28,30,39,41-42H,12-15H2,1-10H3/t19?,20-,22+,24?,25?,26?,27+,28+,30?,32?,33-,35+/m0/s1. The van der Waals surface area contributed by atoms with Crippen LogP contribution in [0.2, 0.25) is 0 Å². The molecular formula is C35H53BrO11. The molecule has 2 saturated carbocycles. The van der Waals surface area contributed by atoms with Gasteiger partial charge in [-0.25, -0.2) is 4.79 Å². The molecule has 5 aliphatic rings. The summed E-state index contributed by atoms with van der Waals surface area (Å²) >= 11 is 3.46. The summed E-state index contributed by atoms with van der Waals surface area (Å²) in [4.78, 5) is 41.3. The molecule has 6 unspecified atom stereocenters. The second-order valence-electron chi connectivity index (χ2n) is 16.5. The average Bonchev–Trinajstić information content (AvgIpc) is 3.24. The third-order valence-electron chi connectivity index (χ3n) is 12.2. The fraction of sp³-hybridized carbons (Fsp3) is 0.857. The van der Waals surface area contributed by atoms with Crippen LogP contribution >= 0.6 is 15.9 Å². The molecule has 4 fully saturated rings. The molecule has 2 heterocycles. The maximum atomic E-state index is 14.0. The van der Waals surface area contributed by atoms with E-state index in [1.165, 1.54) is 0 Å². The zero-order chi connectivity index (χ0) is 35.2. The molecule has 2 bridgehead atoms. The molecule has 12 heteroatoms. The Morgan fingerprint density at radius 2 is 1.79 bits per heavy atom. The van der Waals surface area contributed by atoms with E-state index in [1.807, 2.05) is 62.3 Å². The number of aliphatic hydroxyl groups excluding tert-OH is 1. The molecular weight excluding hydrogens is 676 g/mol. The number of aliphatic hydroxyl groups is 3. The molecule has 3 N–H and O–H groups in total. The van der Waals surface area contributed by atoms with Gasteiger partial charge in [-0.2, -0.15) is 0 Å². The Morgan fingerprint density at radius 1 is 1.17 bits per heavy atom. The first kappa shape index (κ1) is 36.9. The molecule has 11 nitrogen and oxygen atoms in total. The number of hydrogen-bond donors (Lipinski definition) is 3. The quantitative estimate of drug-likeness (QED) is 0.181. The van der Waals surface area contributed by atoms with Crippen molar-refractivity contribution in [2.75, 3.05) is 11.9 Å². The summed E-state index contributed by atoms with van der Waals surface area (Å²) in [6.07, 6.45) is -4.11. The Kier molecular flexibility index (Phi) is 9.51. The van der Waals surface area contributed by atoms with Gasteiger partial charge in [0.2, 0.25) is 6.10 Å². The first-order valence-electron chi connectivity index (χ1n) is 16.9. The minimum absolute atomic E-state index is 0.0967. The van der Waals surface area contributed by atoms with Crippen LogP contribution in [0.4, 0.5) is 0 Å². The van der Waals surface area contributed by atoms with Crippen LogP contribution < -0.4 is 0 Å². The monoisotopic (exact) mass is 728 g/mol. The van der Waals surface area contributed by atoms with Crippen LogP contribution in [0.3, 0.4) is 0 Å².